The normalized spacial score (nSPS) is 14.2. The van der Waals surface area contributed by atoms with Crippen LogP contribution in [0.4, 0.5) is 5.69 Å². The lowest BCUT2D eigenvalue weighted by Crippen LogP contribution is -2.43. The fourth-order valence-electron chi connectivity index (χ4n) is 9.02. The number of aryl methyl sites for hydroxylation is 7. The Bertz CT molecular complexity index is 2830. The molecule has 4 aromatic heterocycles. The van der Waals surface area contributed by atoms with Crippen LogP contribution in [-0.2, 0) is 26.4 Å². The second kappa shape index (κ2) is 15.5. The number of hydrogen-bond acceptors (Lipinski definition) is 5. The number of nitrogens with zero attached hydrogens (tertiary/aromatic N) is 6. The molecule has 1 atom stereocenters. The molecule has 0 aliphatic carbocycles. The van der Waals surface area contributed by atoms with E-state index in [9.17, 15) is 9.90 Å². The lowest BCUT2D eigenvalue weighted by Gasteiger charge is -2.35. The van der Waals surface area contributed by atoms with Crippen molar-refractivity contribution in [3.63, 3.8) is 0 Å². The summed E-state index contributed by atoms with van der Waals surface area (Å²) < 4.78 is 12.1. The van der Waals surface area contributed by atoms with Crippen molar-refractivity contribution in [1.82, 2.24) is 23.9 Å². The number of anilines is 1. The zero-order valence-corrected chi connectivity index (χ0v) is 36.2. The minimum atomic E-state index is -1.05. The van der Waals surface area contributed by atoms with Crippen LogP contribution >= 0.6 is 23.2 Å². The van der Waals surface area contributed by atoms with Gasteiger partial charge in [0, 0.05) is 58.4 Å². The number of aromatic carboxylic acids is 1. The van der Waals surface area contributed by atoms with Crippen molar-refractivity contribution in [2.24, 2.45) is 7.05 Å². The summed E-state index contributed by atoms with van der Waals surface area (Å²) in [6.45, 7) is 15.2. The van der Waals surface area contributed by atoms with Crippen LogP contribution in [0.3, 0.4) is 0 Å². The number of rotatable bonds is 11. The van der Waals surface area contributed by atoms with Gasteiger partial charge in [-0.15, -0.1) is 0 Å². The van der Waals surface area contributed by atoms with E-state index >= 15 is 4.79 Å². The zero-order chi connectivity index (χ0) is 42.0. The molecule has 1 aliphatic heterocycles. The molecule has 0 fully saturated rings. The first-order valence-corrected chi connectivity index (χ1v) is 20.8. The number of benzene rings is 3. The van der Waals surface area contributed by atoms with E-state index in [-0.39, 0.29) is 24.2 Å². The number of aromatic nitrogens is 5. The van der Waals surface area contributed by atoms with Gasteiger partial charge in [0.25, 0.3) is 5.91 Å². The minimum Gasteiger partial charge on any atom is -0.494 e. The molecule has 0 spiro atoms. The van der Waals surface area contributed by atoms with E-state index < -0.39 is 5.97 Å². The predicted octanol–water partition coefficient (Wildman–Crippen LogP) is 10.8. The van der Waals surface area contributed by atoms with Crippen LogP contribution in [0.15, 0.2) is 60.8 Å². The molecule has 3 aromatic carbocycles. The topological polar surface area (TPSA) is 107 Å². The van der Waals surface area contributed by atoms with Gasteiger partial charge in [0.05, 0.1) is 46.3 Å². The van der Waals surface area contributed by atoms with Crippen LogP contribution in [0, 0.1) is 34.6 Å². The van der Waals surface area contributed by atoms with Gasteiger partial charge in [-0.25, -0.2) is 4.79 Å². The van der Waals surface area contributed by atoms with Gasteiger partial charge in [-0.2, -0.15) is 5.10 Å². The van der Waals surface area contributed by atoms with Gasteiger partial charge in [0.1, 0.15) is 17.1 Å². The maximum Gasteiger partial charge on any atom is 0.352 e. The summed E-state index contributed by atoms with van der Waals surface area (Å²) in [4.78, 5) is 34.8. The maximum absolute atomic E-state index is 15.5. The first kappa shape index (κ1) is 40.2. The van der Waals surface area contributed by atoms with Gasteiger partial charge in [0.2, 0.25) is 0 Å². The third kappa shape index (κ3) is 6.96. The van der Waals surface area contributed by atoms with E-state index in [1.165, 1.54) is 0 Å². The Kier molecular flexibility index (Phi) is 10.6. The van der Waals surface area contributed by atoms with Gasteiger partial charge in [-0.3, -0.25) is 14.5 Å². The van der Waals surface area contributed by atoms with E-state index in [2.05, 4.69) is 23.4 Å². The van der Waals surface area contributed by atoms with Crippen molar-refractivity contribution in [2.45, 2.75) is 80.3 Å². The maximum atomic E-state index is 15.5. The van der Waals surface area contributed by atoms with E-state index in [1.807, 2.05) is 99.8 Å². The molecule has 59 heavy (non-hydrogen) atoms. The van der Waals surface area contributed by atoms with Crippen molar-refractivity contribution in [3.8, 4) is 16.9 Å². The Hall–Kier alpha value is -5.58. The van der Waals surface area contributed by atoms with E-state index in [4.69, 9.17) is 33.0 Å². The highest BCUT2D eigenvalue weighted by Gasteiger charge is 2.38. The van der Waals surface area contributed by atoms with E-state index in [0.717, 1.165) is 89.5 Å². The standard InChI is InChI=1S/C47H48Cl2N6O4/c1-9-31-14-15-50-33(21-31)24-53-39(47(57)58)22-32-17-25(2)18-38(43(32)53)54-23-28(5)55-44-36(12-13-37(48)41(44)40-29(6)51-52(8)30(40)7)35(45(55)46(54)56)11-10-16-59-34-19-26(3)42(49)27(4)20-34/h12-15,17-22,28H,9-11,16,23-24H2,1-8H3,(H,57,58)/t28-/m1/s1. The van der Waals surface area contributed by atoms with Crippen molar-refractivity contribution >= 4 is 62.6 Å². The van der Waals surface area contributed by atoms with Crippen LogP contribution in [0.5, 0.6) is 5.75 Å². The Morgan fingerprint density at radius 2 is 1.71 bits per heavy atom. The van der Waals surface area contributed by atoms with E-state index in [0.29, 0.717) is 47.9 Å². The first-order valence-electron chi connectivity index (χ1n) is 20.1. The quantitative estimate of drug-likeness (QED) is 0.130. The highest BCUT2D eigenvalue weighted by atomic mass is 35.5. The molecule has 10 nitrogen and oxygen atoms in total. The third-order valence-electron chi connectivity index (χ3n) is 11.8. The average Bonchev–Trinajstić information content (AvgIpc) is 3.81. The molecule has 7 aromatic rings. The minimum absolute atomic E-state index is 0.135. The summed E-state index contributed by atoms with van der Waals surface area (Å²) in [6.07, 6.45) is 3.79. The number of pyridine rings is 1. The molecule has 8 rings (SSSR count). The monoisotopic (exact) mass is 830 g/mol. The van der Waals surface area contributed by atoms with Crippen LogP contribution in [0.25, 0.3) is 32.9 Å². The molecule has 0 saturated carbocycles. The van der Waals surface area contributed by atoms with E-state index in [1.54, 1.807) is 16.8 Å². The second-order valence-electron chi connectivity index (χ2n) is 15.9. The van der Waals surface area contributed by atoms with Crippen molar-refractivity contribution < 1.29 is 19.4 Å². The number of carbonyl (C=O) groups is 2. The van der Waals surface area contributed by atoms with Crippen LogP contribution in [-0.4, -0.2) is 54.0 Å². The molecule has 1 amide bonds. The smallest absolute Gasteiger partial charge is 0.352 e. The molecular formula is C47H48Cl2N6O4. The average molecular weight is 832 g/mol. The Morgan fingerprint density at radius 1 is 0.966 bits per heavy atom. The zero-order valence-electron chi connectivity index (χ0n) is 34.7. The number of carboxylic acids is 1. The van der Waals surface area contributed by atoms with Crippen molar-refractivity contribution in [3.05, 3.63) is 127 Å². The SMILES string of the molecule is CCc1ccnc(Cn2c(C(=O)O)cc3cc(C)cc(N4C[C@@H](C)n5c(c(CCCOc6cc(C)c(Cl)c(C)c6)c6ccc(Cl)c(-c7c(C)nn(C)c7C)c65)C4=O)c32)c1. The molecule has 0 bridgehead atoms. The number of halogens is 2. The Labute approximate surface area is 353 Å². The number of hydrogen-bond donors (Lipinski definition) is 1. The number of carbonyl (C=O) groups excluding carboxylic acids is 1. The molecule has 5 heterocycles. The van der Waals surface area contributed by atoms with Crippen LogP contribution in [0.2, 0.25) is 10.0 Å². The van der Waals surface area contributed by atoms with Gasteiger partial charge in [-0.05, 0) is 137 Å². The molecule has 304 valence electrons. The predicted molar refractivity (Wildman–Crippen MR) is 236 cm³/mol. The summed E-state index contributed by atoms with van der Waals surface area (Å²) in [5, 5.41) is 18.3. The molecule has 0 radical (unpaired) electrons. The van der Waals surface area contributed by atoms with Crippen molar-refractivity contribution in [1.29, 1.82) is 0 Å². The number of amides is 1. The lowest BCUT2D eigenvalue weighted by atomic mass is 9.98. The number of ether oxygens (including phenoxy) is 1. The number of carboxylic acid groups (broad SMARTS) is 1. The largest absolute Gasteiger partial charge is 0.494 e. The van der Waals surface area contributed by atoms with Gasteiger partial charge >= 0.3 is 5.97 Å². The van der Waals surface area contributed by atoms with Gasteiger partial charge in [-0.1, -0.05) is 36.2 Å². The van der Waals surface area contributed by atoms with Crippen LogP contribution in [0.1, 0.15) is 92.2 Å². The summed E-state index contributed by atoms with van der Waals surface area (Å²) in [5.41, 5.74) is 12.2. The summed E-state index contributed by atoms with van der Waals surface area (Å²) >= 11 is 13.6. The summed E-state index contributed by atoms with van der Waals surface area (Å²) in [6, 6.07) is 17.3. The van der Waals surface area contributed by atoms with Crippen LogP contribution < -0.4 is 9.64 Å². The highest BCUT2D eigenvalue weighted by molar-refractivity contribution is 6.35. The second-order valence-corrected chi connectivity index (χ2v) is 16.7. The Morgan fingerprint density at radius 3 is 2.39 bits per heavy atom. The summed E-state index contributed by atoms with van der Waals surface area (Å²) in [5.74, 6) is -0.457. The third-order valence-corrected chi connectivity index (χ3v) is 12.7. The highest BCUT2D eigenvalue weighted by Crippen LogP contribution is 2.46. The molecule has 1 N–H and O–H groups in total. The number of fused-ring (bicyclic) bond motifs is 4. The fourth-order valence-corrected chi connectivity index (χ4v) is 9.37. The van der Waals surface area contributed by atoms with Gasteiger partial charge in [0.15, 0.2) is 0 Å². The molecule has 1 aliphatic rings. The van der Waals surface area contributed by atoms with Crippen molar-refractivity contribution in [2.75, 3.05) is 18.1 Å². The molecule has 12 heteroatoms. The fraction of sp³-hybridized carbons (Fsp3) is 0.319. The molecule has 0 unspecified atom stereocenters. The first-order chi connectivity index (χ1) is 28.2. The lowest BCUT2D eigenvalue weighted by molar-refractivity contribution is 0.0686. The summed E-state index contributed by atoms with van der Waals surface area (Å²) in [7, 11) is 1.93. The Balaban J connectivity index is 1.29. The molecular weight excluding hydrogens is 783 g/mol. The van der Waals surface area contributed by atoms with Gasteiger partial charge < -0.3 is 23.9 Å². The molecule has 0 saturated heterocycles.